The number of aliphatic carboxylic acids is 1. The third kappa shape index (κ3) is 2.79. The summed E-state index contributed by atoms with van der Waals surface area (Å²) in [5.74, 6) is -1.03. The van der Waals surface area contributed by atoms with Crippen LogP contribution < -0.4 is 0 Å². The Kier molecular flexibility index (Phi) is 4.20. The number of carboxylic acid groups (broad SMARTS) is 1. The number of carboxylic acids is 1. The van der Waals surface area contributed by atoms with Gasteiger partial charge in [-0.05, 0) is 20.0 Å². The lowest BCUT2D eigenvalue weighted by atomic mass is 9.99. The normalized spacial score (nSPS) is 16.6. The van der Waals surface area contributed by atoms with Crippen molar-refractivity contribution in [3.8, 4) is 0 Å². The molecule has 4 heteroatoms. The van der Waals surface area contributed by atoms with Crippen molar-refractivity contribution >= 4 is 5.97 Å². The first kappa shape index (κ1) is 11.4. The van der Waals surface area contributed by atoms with Gasteiger partial charge in [0.05, 0.1) is 6.10 Å². The van der Waals surface area contributed by atoms with Gasteiger partial charge in [0.15, 0.2) is 0 Å². The molecule has 4 nitrogen and oxygen atoms in total. The first-order chi connectivity index (χ1) is 5.37. The summed E-state index contributed by atoms with van der Waals surface area (Å²) in [5, 5.41) is 18.3. The van der Waals surface area contributed by atoms with Gasteiger partial charge in [-0.1, -0.05) is 13.8 Å². The molecule has 2 N–H and O–H groups in total. The van der Waals surface area contributed by atoms with Crippen LogP contribution >= 0.6 is 0 Å². The largest absolute Gasteiger partial charge is 0.480 e. The summed E-state index contributed by atoms with van der Waals surface area (Å²) in [6, 6.07) is -0.815. The Morgan fingerprint density at radius 3 is 1.83 bits per heavy atom. The van der Waals surface area contributed by atoms with E-state index >= 15 is 0 Å². The summed E-state index contributed by atoms with van der Waals surface area (Å²) in [5.41, 5.74) is 0. The minimum atomic E-state index is -0.985. The minimum Gasteiger partial charge on any atom is -0.480 e. The van der Waals surface area contributed by atoms with Gasteiger partial charge in [0.2, 0.25) is 0 Å². The number of rotatable bonds is 4. The van der Waals surface area contributed by atoms with Gasteiger partial charge in [-0.2, -0.15) is 0 Å². The monoisotopic (exact) mass is 175 g/mol. The van der Waals surface area contributed by atoms with Gasteiger partial charge in [0, 0.05) is 0 Å². The molecule has 0 heterocycles. The van der Waals surface area contributed by atoms with Crippen LogP contribution in [0.5, 0.6) is 0 Å². The summed E-state index contributed by atoms with van der Waals surface area (Å²) in [6.45, 7) is 3.59. The van der Waals surface area contributed by atoms with Crippen molar-refractivity contribution in [2.75, 3.05) is 14.1 Å². The first-order valence-electron chi connectivity index (χ1n) is 3.95. The van der Waals surface area contributed by atoms with Gasteiger partial charge in [-0.3, -0.25) is 9.69 Å². The van der Waals surface area contributed by atoms with E-state index in [-0.39, 0.29) is 5.92 Å². The van der Waals surface area contributed by atoms with Gasteiger partial charge in [-0.25, -0.2) is 0 Å². The van der Waals surface area contributed by atoms with Gasteiger partial charge >= 0.3 is 5.97 Å². The second-order valence-electron chi connectivity index (χ2n) is 3.48. The maximum absolute atomic E-state index is 10.7. The minimum absolute atomic E-state index is 0.0477. The molecule has 0 aromatic rings. The smallest absolute Gasteiger partial charge is 0.323 e. The quantitative estimate of drug-likeness (QED) is 0.632. The summed E-state index contributed by atoms with van der Waals surface area (Å²) < 4.78 is 0. The zero-order valence-corrected chi connectivity index (χ0v) is 7.98. The fourth-order valence-corrected chi connectivity index (χ4v) is 1.04. The molecule has 0 bridgehead atoms. The van der Waals surface area contributed by atoms with Crippen LogP contribution in [0.3, 0.4) is 0 Å². The van der Waals surface area contributed by atoms with Crippen molar-refractivity contribution in [2.24, 2.45) is 5.92 Å². The molecular weight excluding hydrogens is 158 g/mol. The fraction of sp³-hybridized carbons (Fsp3) is 0.875. The van der Waals surface area contributed by atoms with E-state index in [1.807, 2.05) is 0 Å². The van der Waals surface area contributed by atoms with Crippen LogP contribution in [0.2, 0.25) is 0 Å². The standard InChI is InChI=1S/C8H17NO3/c1-5(2)7(10)6(8(11)12)9(3)4/h5-7,10H,1-4H3,(H,11,12)/t6-,7-/m0/s1. The Labute approximate surface area is 72.8 Å². The lowest BCUT2D eigenvalue weighted by Crippen LogP contribution is -2.47. The first-order valence-corrected chi connectivity index (χ1v) is 3.95. The fourth-order valence-electron chi connectivity index (χ4n) is 1.04. The highest BCUT2D eigenvalue weighted by Gasteiger charge is 2.30. The molecule has 0 aliphatic rings. The second-order valence-corrected chi connectivity index (χ2v) is 3.48. The van der Waals surface area contributed by atoms with E-state index in [9.17, 15) is 9.90 Å². The summed E-state index contributed by atoms with van der Waals surface area (Å²) in [6.07, 6.45) is -0.822. The van der Waals surface area contributed by atoms with Crippen LogP contribution in [-0.4, -0.2) is 47.3 Å². The van der Waals surface area contributed by atoms with Crippen LogP contribution in [0.1, 0.15) is 13.8 Å². The molecule has 0 amide bonds. The number of carbonyl (C=O) groups is 1. The maximum atomic E-state index is 10.7. The Balaban J connectivity index is 4.40. The number of aliphatic hydroxyl groups excluding tert-OH is 1. The van der Waals surface area contributed by atoms with E-state index in [1.54, 1.807) is 27.9 Å². The van der Waals surface area contributed by atoms with Crippen molar-refractivity contribution < 1.29 is 15.0 Å². The van der Waals surface area contributed by atoms with Crippen molar-refractivity contribution in [3.63, 3.8) is 0 Å². The predicted molar refractivity (Wildman–Crippen MR) is 46.0 cm³/mol. The van der Waals surface area contributed by atoms with Crippen LogP contribution in [0.15, 0.2) is 0 Å². The Morgan fingerprint density at radius 1 is 1.33 bits per heavy atom. The third-order valence-electron chi connectivity index (χ3n) is 1.82. The van der Waals surface area contributed by atoms with Crippen LogP contribution in [0.4, 0.5) is 0 Å². The molecule has 12 heavy (non-hydrogen) atoms. The van der Waals surface area contributed by atoms with E-state index < -0.39 is 18.1 Å². The Morgan fingerprint density at radius 2 is 1.75 bits per heavy atom. The predicted octanol–water partition coefficient (Wildman–Crippen LogP) is 0.0181. The van der Waals surface area contributed by atoms with E-state index in [0.717, 1.165) is 0 Å². The zero-order valence-electron chi connectivity index (χ0n) is 7.98. The van der Waals surface area contributed by atoms with Crippen molar-refractivity contribution in [1.29, 1.82) is 0 Å². The molecule has 0 unspecified atom stereocenters. The van der Waals surface area contributed by atoms with Gasteiger partial charge < -0.3 is 10.2 Å². The molecule has 0 saturated heterocycles. The highest BCUT2D eigenvalue weighted by atomic mass is 16.4. The molecule has 0 fully saturated rings. The topological polar surface area (TPSA) is 60.8 Å². The average molecular weight is 175 g/mol. The second kappa shape index (κ2) is 4.42. The van der Waals surface area contributed by atoms with Crippen molar-refractivity contribution in [1.82, 2.24) is 4.90 Å². The number of hydrogen-bond acceptors (Lipinski definition) is 3. The van der Waals surface area contributed by atoms with E-state index in [0.29, 0.717) is 0 Å². The molecule has 0 aromatic carbocycles. The molecule has 0 radical (unpaired) electrons. The maximum Gasteiger partial charge on any atom is 0.323 e. The molecule has 0 saturated carbocycles. The van der Waals surface area contributed by atoms with Crippen molar-refractivity contribution in [2.45, 2.75) is 26.0 Å². The Hall–Kier alpha value is -0.610. The number of hydrogen-bond donors (Lipinski definition) is 2. The highest BCUT2D eigenvalue weighted by Crippen LogP contribution is 2.10. The number of likely N-dealkylation sites (N-methyl/N-ethyl adjacent to an activating group) is 1. The van der Waals surface area contributed by atoms with Gasteiger partial charge in [0.1, 0.15) is 6.04 Å². The molecule has 0 aliphatic heterocycles. The molecule has 0 rings (SSSR count). The summed E-state index contributed by atoms with van der Waals surface area (Å²) in [4.78, 5) is 12.2. The molecule has 0 aliphatic carbocycles. The molecule has 0 aromatic heterocycles. The molecule has 0 spiro atoms. The average Bonchev–Trinajstić information content (AvgIpc) is 1.85. The summed E-state index contributed by atoms with van der Waals surface area (Å²) >= 11 is 0. The summed E-state index contributed by atoms with van der Waals surface area (Å²) in [7, 11) is 3.29. The van der Waals surface area contributed by atoms with Gasteiger partial charge in [-0.15, -0.1) is 0 Å². The van der Waals surface area contributed by atoms with Crippen LogP contribution in [0.25, 0.3) is 0 Å². The Bertz CT molecular complexity index is 156. The van der Waals surface area contributed by atoms with E-state index in [2.05, 4.69) is 0 Å². The SMILES string of the molecule is CC(C)[C@H](O)[C@@H](C(=O)O)N(C)C. The zero-order chi connectivity index (χ0) is 9.89. The number of aliphatic hydroxyl groups is 1. The van der Waals surface area contributed by atoms with Crippen LogP contribution in [0, 0.1) is 5.92 Å². The van der Waals surface area contributed by atoms with Crippen molar-refractivity contribution in [3.05, 3.63) is 0 Å². The lowest BCUT2D eigenvalue weighted by molar-refractivity contribution is -0.147. The molecular formula is C8H17NO3. The van der Waals surface area contributed by atoms with Gasteiger partial charge in [0.25, 0.3) is 0 Å². The molecule has 2 atom stereocenters. The van der Waals surface area contributed by atoms with Crippen LogP contribution in [-0.2, 0) is 4.79 Å². The number of nitrogens with zero attached hydrogens (tertiary/aromatic N) is 1. The third-order valence-corrected chi connectivity index (χ3v) is 1.82. The van der Waals surface area contributed by atoms with E-state index in [4.69, 9.17) is 5.11 Å². The highest BCUT2D eigenvalue weighted by molar-refractivity contribution is 5.74. The lowest BCUT2D eigenvalue weighted by Gasteiger charge is -2.27. The molecule has 72 valence electrons. The van der Waals surface area contributed by atoms with E-state index in [1.165, 1.54) is 4.90 Å².